The normalized spacial score (nSPS) is 13.4. The molecule has 0 bridgehead atoms. The summed E-state index contributed by atoms with van der Waals surface area (Å²) in [4.78, 5) is 0. The summed E-state index contributed by atoms with van der Waals surface area (Å²) in [5.41, 5.74) is 0. The molecule has 15 heavy (non-hydrogen) atoms. The Morgan fingerprint density at radius 3 is 2.67 bits per heavy atom. The smallest absolute Gasteiger partial charge is 0.195 e. The van der Waals surface area contributed by atoms with Crippen LogP contribution in [-0.2, 0) is 0 Å². The van der Waals surface area contributed by atoms with Crippen LogP contribution in [0.5, 0.6) is 0 Å². The maximum Gasteiger partial charge on any atom is 0.195 e. The molecule has 0 saturated carbocycles. The van der Waals surface area contributed by atoms with Gasteiger partial charge < -0.3 is 4.57 Å². The summed E-state index contributed by atoms with van der Waals surface area (Å²) in [7, 11) is 0. The van der Waals surface area contributed by atoms with Crippen molar-refractivity contribution in [2.75, 3.05) is 11.5 Å². The lowest BCUT2D eigenvalue weighted by Crippen LogP contribution is -2.13. The Morgan fingerprint density at radius 2 is 2.13 bits per heavy atom. The van der Waals surface area contributed by atoms with Crippen LogP contribution in [0.3, 0.4) is 0 Å². The van der Waals surface area contributed by atoms with Gasteiger partial charge in [-0.3, -0.25) is 5.10 Å². The molecule has 86 valence electrons. The van der Waals surface area contributed by atoms with Crippen LogP contribution in [0.1, 0.15) is 45.5 Å². The van der Waals surface area contributed by atoms with E-state index in [1.807, 2.05) is 11.8 Å². The molecular formula is C10H19N3S2. The Bertz CT molecular complexity index is 354. The first-order valence-electron chi connectivity index (χ1n) is 5.32. The Balaban J connectivity index is 2.91. The minimum absolute atomic E-state index is 0.409. The number of aromatic nitrogens is 3. The topological polar surface area (TPSA) is 33.6 Å². The first-order chi connectivity index (χ1) is 7.07. The minimum Gasteiger partial charge on any atom is -0.300 e. The van der Waals surface area contributed by atoms with Crippen LogP contribution < -0.4 is 0 Å². The Hall–Kier alpha value is -0.290. The SMILES string of the molecule is CCSCC(C)n1c(C(C)C)n[nH]c1=S. The number of hydrogen-bond acceptors (Lipinski definition) is 3. The summed E-state index contributed by atoms with van der Waals surface area (Å²) in [6.07, 6.45) is 0. The maximum absolute atomic E-state index is 5.25. The van der Waals surface area contributed by atoms with Crippen LogP contribution >= 0.6 is 24.0 Å². The predicted octanol–water partition coefficient (Wildman–Crippen LogP) is 3.38. The lowest BCUT2D eigenvalue weighted by atomic mass is 10.2. The highest BCUT2D eigenvalue weighted by atomic mass is 32.2. The number of thioether (sulfide) groups is 1. The van der Waals surface area contributed by atoms with Gasteiger partial charge in [-0.1, -0.05) is 20.8 Å². The minimum atomic E-state index is 0.409. The van der Waals surface area contributed by atoms with Crippen LogP contribution in [0.15, 0.2) is 0 Å². The van der Waals surface area contributed by atoms with Crippen molar-refractivity contribution in [3.05, 3.63) is 10.6 Å². The van der Waals surface area contributed by atoms with Gasteiger partial charge in [0.25, 0.3) is 0 Å². The third kappa shape index (κ3) is 3.08. The molecule has 1 atom stereocenters. The van der Waals surface area contributed by atoms with E-state index in [0.29, 0.717) is 12.0 Å². The molecule has 0 aliphatic carbocycles. The molecule has 0 spiro atoms. The third-order valence-electron chi connectivity index (χ3n) is 2.25. The zero-order chi connectivity index (χ0) is 11.4. The molecule has 0 aliphatic rings. The summed E-state index contributed by atoms with van der Waals surface area (Å²) in [5.74, 6) is 3.70. The van der Waals surface area contributed by atoms with E-state index < -0.39 is 0 Å². The summed E-state index contributed by atoms with van der Waals surface area (Å²) in [6.45, 7) is 8.65. The van der Waals surface area contributed by atoms with Crippen LogP contribution in [0, 0.1) is 4.77 Å². The molecule has 0 amide bonds. The fourth-order valence-corrected chi connectivity index (χ4v) is 2.56. The molecular weight excluding hydrogens is 226 g/mol. The molecule has 1 heterocycles. The van der Waals surface area contributed by atoms with Crippen molar-refractivity contribution in [2.24, 2.45) is 0 Å². The van der Waals surface area contributed by atoms with E-state index in [2.05, 4.69) is 42.5 Å². The second-order valence-electron chi connectivity index (χ2n) is 3.92. The van der Waals surface area contributed by atoms with Crippen molar-refractivity contribution in [3.63, 3.8) is 0 Å². The van der Waals surface area contributed by atoms with E-state index in [4.69, 9.17) is 12.2 Å². The highest BCUT2D eigenvalue weighted by Crippen LogP contribution is 2.20. The van der Waals surface area contributed by atoms with Gasteiger partial charge in [0.15, 0.2) is 4.77 Å². The van der Waals surface area contributed by atoms with Crippen LogP contribution in [0.2, 0.25) is 0 Å². The van der Waals surface area contributed by atoms with Gasteiger partial charge in [0.05, 0.1) is 0 Å². The van der Waals surface area contributed by atoms with Crippen LogP contribution in [0.25, 0.3) is 0 Å². The fourth-order valence-electron chi connectivity index (χ4n) is 1.51. The Morgan fingerprint density at radius 1 is 1.47 bits per heavy atom. The molecule has 1 rings (SSSR count). The number of hydrogen-bond donors (Lipinski definition) is 1. The van der Waals surface area contributed by atoms with Gasteiger partial charge in [0.1, 0.15) is 5.82 Å². The number of nitrogens with zero attached hydrogens (tertiary/aromatic N) is 2. The number of aromatic amines is 1. The summed E-state index contributed by atoms with van der Waals surface area (Å²) in [5, 5.41) is 7.16. The highest BCUT2D eigenvalue weighted by molar-refractivity contribution is 7.99. The molecule has 1 aromatic heterocycles. The van der Waals surface area contributed by atoms with Gasteiger partial charge >= 0.3 is 0 Å². The lowest BCUT2D eigenvalue weighted by molar-refractivity contribution is 0.551. The van der Waals surface area contributed by atoms with Gasteiger partial charge in [-0.05, 0) is 24.9 Å². The molecule has 3 nitrogen and oxygen atoms in total. The van der Waals surface area contributed by atoms with Crippen molar-refractivity contribution in [1.82, 2.24) is 14.8 Å². The van der Waals surface area contributed by atoms with E-state index in [1.54, 1.807) is 0 Å². The molecule has 0 aliphatic heterocycles. The Kier molecular flexibility index (Phi) is 4.86. The van der Waals surface area contributed by atoms with E-state index >= 15 is 0 Å². The zero-order valence-corrected chi connectivity index (χ0v) is 11.4. The van der Waals surface area contributed by atoms with Gasteiger partial charge in [0, 0.05) is 17.7 Å². The molecule has 0 fully saturated rings. The average Bonchev–Trinajstić information content (AvgIpc) is 2.56. The second kappa shape index (κ2) is 5.70. The van der Waals surface area contributed by atoms with E-state index in [-0.39, 0.29) is 0 Å². The van der Waals surface area contributed by atoms with Gasteiger partial charge in [-0.2, -0.15) is 16.9 Å². The predicted molar refractivity (Wildman–Crippen MR) is 69.2 cm³/mol. The van der Waals surface area contributed by atoms with Gasteiger partial charge in [-0.25, -0.2) is 0 Å². The number of rotatable bonds is 5. The largest absolute Gasteiger partial charge is 0.300 e. The monoisotopic (exact) mass is 245 g/mol. The van der Waals surface area contributed by atoms with Crippen molar-refractivity contribution >= 4 is 24.0 Å². The molecule has 0 radical (unpaired) electrons. The zero-order valence-electron chi connectivity index (χ0n) is 9.78. The van der Waals surface area contributed by atoms with Crippen molar-refractivity contribution in [3.8, 4) is 0 Å². The van der Waals surface area contributed by atoms with E-state index in [9.17, 15) is 0 Å². The highest BCUT2D eigenvalue weighted by Gasteiger charge is 2.14. The van der Waals surface area contributed by atoms with Gasteiger partial charge in [0.2, 0.25) is 0 Å². The van der Waals surface area contributed by atoms with Crippen LogP contribution in [-0.4, -0.2) is 26.3 Å². The number of H-pyrrole nitrogens is 1. The van der Waals surface area contributed by atoms with Crippen LogP contribution in [0.4, 0.5) is 0 Å². The molecule has 1 N–H and O–H groups in total. The molecule has 5 heteroatoms. The first kappa shape index (κ1) is 12.8. The van der Waals surface area contributed by atoms with Crippen molar-refractivity contribution in [2.45, 2.75) is 39.7 Å². The average molecular weight is 245 g/mol. The van der Waals surface area contributed by atoms with Gasteiger partial charge in [-0.15, -0.1) is 0 Å². The third-order valence-corrected chi connectivity index (χ3v) is 3.67. The number of nitrogens with one attached hydrogen (secondary N) is 1. The molecule has 0 saturated heterocycles. The molecule has 1 unspecified atom stereocenters. The molecule has 1 aromatic rings. The first-order valence-corrected chi connectivity index (χ1v) is 6.88. The standard InChI is InChI=1S/C10H19N3S2/c1-5-15-6-8(4)13-9(7(2)3)11-12-10(13)14/h7-8H,5-6H2,1-4H3,(H,12,14). The maximum atomic E-state index is 5.25. The van der Waals surface area contributed by atoms with Crippen molar-refractivity contribution < 1.29 is 0 Å². The second-order valence-corrected chi connectivity index (χ2v) is 5.63. The summed E-state index contributed by atoms with van der Waals surface area (Å²) in [6, 6.07) is 0.415. The quantitative estimate of drug-likeness (QED) is 0.807. The van der Waals surface area contributed by atoms with Crippen molar-refractivity contribution in [1.29, 1.82) is 0 Å². The van der Waals surface area contributed by atoms with E-state index in [0.717, 1.165) is 22.1 Å². The fraction of sp³-hybridized carbons (Fsp3) is 0.800. The molecule has 0 aromatic carbocycles. The Labute approximate surface area is 101 Å². The summed E-state index contributed by atoms with van der Waals surface area (Å²) >= 11 is 7.19. The summed E-state index contributed by atoms with van der Waals surface area (Å²) < 4.78 is 2.88. The van der Waals surface area contributed by atoms with E-state index in [1.165, 1.54) is 0 Å². The lowest BCUT2D eigenvalue weighted by Gasteiger charge is -2.16.